The van der Waals surface area contributed by atoms with Gasteiger partial charge in [-0.3, -0.25) is 9.78 Å². The molecule has 0 aliphatic carbocycles. The highest BCUT2D eigenvalue weighted by Crippen LogP contribution is 2.39. The molecule has 14 heteroatoms. The molecule has 5 rings (SSSR count). The van der Waals surface area contributed by atoms with Gasteiger partial charge in [-0.1, -0.05) is 17.0 Å². The molecule has 48 heavy (non-hydrogen) atoms. The Kier molecular flexibility index (Phi) is 9.35. The molecule has 0 unspecified atom stereocenters. The van der Waals surface area contributed by atoms with Crippen LogP contribution in [0.1, 0.15) is 34.2 Å². The summed E-state index contributed by atoms with van der Waals surface area (Å²) in [6, 6.07) is 12.0. The average molecular weight is 655 g/mol. The summed E-state index contributed by atoms with van der Waals surface area (Å²) < 4.78 is 25.6. The zero-order valence-corrected chi connectivity index (χ0v) is 28.0. The number of nitro groups is 1. The van der Waals surface area contributed by atoms with Crippen LogP contribution in [0, 0.1) is 22.0 Å². The van der Waals surface area contributed by atoms with Gasteiger partial charge in [-0.2, -0.15) is 5.10 Å². The molecule has 248 valence electrons. The lowest BCUT2D eigenvalue weighted by atomic mass is 10.0. The average Bonchev–Trinajstić information content (AvgIpc) is 3.60. The van der Waals surface area contributed by atoms with E-state index in [1.807, 2.05) is 14.1 Å². The lowest BCUT2D eigenvalue weighted by Gasteiger charge is -2.29. The number of methoxy groups -OCH3 is 4. The molecular formula is C34H36N7O7+. The van der Waals surface area contributed by atoms with Crippen molar-refractivity contribution < 1.29 is 33.1 Å². The highest BCUT2D eigenvalue weighted by Gasteiger charge is 2.33. The van der Waals surface area contributed by atoms with Crippen LogP contribution in [0.4, 0.5) is 5.95 Å². The van der Waals surface area contributed by atoms with Gasteiger partial charge in [0.1, 0.15) is 23.7 Å². The first-order chi connectivity index (χ1) is 23.0. The number of ketones is 1. The van der Waals surface area contributed by atoms with Crippen molar-refractivity contribution in [2.75, 3.05) is 42.5 Å². The number of hydrogen-bond acceptors (Lipinski definition) is 10. The Hall–Kier alpha value is -5.94. The monoisotopic (exact) mass is 654 g/mol. The number of benzene rings is 2. The summed E-state index contributed by atoms with van der Waals surface area (Å²) >= 11 is 0. The van der Waals surface area contributed by atoms with Gasteiger partial charge in [-0.25, -0.2) is 9.25 Å². The number of hydrogen-bond donors (Lipinski definition) is 0. The van der Waals surface area contributed by atoms with Crippen LogP contribution in [0.5, 0.6) is 23.0 Å². The van der Waals surface area contributed by atoms with Crippen molar-refractivity contribution in [3.05, 3.63) is 81.3 Å². The molecule has 0 N–H and O–H groups in total. The minimum Gasteiger partial charge on any atom is -0.495 e. The highest BCUT2D eigenvalue weighted by atomic mass is 16.6. The second-order valence-corrected chi connectivity index (χ2v) is 11.5. The molecule has 0 spiro atoms. The van der Waals surface area contributed by atoms with E-state index in [9.17, 15) is 14.9 Å². The molecule has 0 bridgehead atoms. The predicted octanol–water partition coefficient (Wildman–Crippen LogP) is 4.61. The van der Waals surface area contributed by atoms with Crippen LogP contribution >= 0.6 is 0 Å². The first-order valence-corrected chi connectivity index (χ1v) is 14.8. The van der Waals surface area contributed by atoms with E-state index in [4.69, 9.17) is 24.0 Å². The number of carbonyl (C=O) groups excluding carboxylic acids is 1. The number of aromatic nitrogens is 5. The molecule has 0 saturated carbocycles. The van der Waals surface area contributed by atoms with Gasteiger partial charge in [0, 0.05) is 17.1 Å². The largest absolute Gasteiger partial charge is 0.495 e. The fourth-order valence-electron chi connectivity index (χ4n) is 5.68. The van der Waals surface area contributed by atoms with Crippen LogP contribution in [0.3, 0.4) is 0 Å². The van der Waals surface area contributed by atoms with Gasteiger partial charge in [0.2, 0.25) is 17.2 Å². The van der Waals surface area contributed by atoms with Gasteiger partial charge in [-0.05, 0) is 48.2 Å². The van der Waals surface area contributed by atoms with E-state index >= 15 is 0 Å². The zero-order chi connectivity index (χ0) is 34.7. The topological polar surface area (TPSA) is 146 Å². The van der Waals surface area contributed by atoms with Crippen molar-refractivity contribution in [1.29, 1.82) is 0 Å². The predicted molar refractivity (Wildman–Crippen MR) is 177 cm³/mol. The fraction of sp³-hybridized carbons (Fsp3) is 0.294. The lowest BCUT2D eigenvalue weighted by molar-refractivity contribution is -0.926. The first-order valence-electron chi connectivity index (χ1n) is 14.8. The van der Waals surface area contributed by atoms with Crippen LogP contribution in [0.15, 0.2) is 48.7 Å². The van der Waals surface area contributed by atoms with Gasteiger partial charge >= 0.3 is 5.95 Å². The number of ether oxygens (including phenoxy) is 4. The van der Waals surface area contributed by atoms with Crippen LogP contribution in [-0.2, 0) is 20.3 Å². The third kappa shape index (κ3) is 6.10. The number of carbonyl (C=O) groups is 1. The van der Waals surface area contributed by atoms with Crippen LogP contribution in [0.25, 0.3) is 22.3 Å². The van der Waals surface area contributed by atoms with Crippen molar-refractivity contribution in [3.63, 3.8) is 0 Å². The second-order valence-electron chi connectivity index (χ2n) is 11.5. The lowest BCUT2D eigenvalue weighted by Crippen LogP contribution is -2.41. The van der Waals surface area contributed by atoms with Crippen LogP contribution < -0.4 is 18.9 Å². The van der Waals surface area contributed by atoms with Gasteiger partial charge in [0.25, 0.3) is 0 Å². The summed E-state index contributed by atoms with van der Waals surface area (Å²) in [5.74, 6) is 6.96. The third-order valence-electron chi connectivity index (χ3n) is 7.84. The van der Waals surface area contributed by atoms with Crippen molar-refractivity contribution in [2.24, 2.45) is 7.05 Å². The molecule has 5 aromatic rings. The standard InChI is InChI=1S/C34H36N7O7/c1-9-12-22-26(45-5)15-14-23-29(32(42)21-17-27(46-6)33(48-8)28(18-21)47-7)37-39(31(22)23)20-41(3,4)19-25-30(24-13-10-11-16-35-24)36-34(38(25)2)40(43)44/h10-11,13-18H,19-20H2,1-8H3/q+1. The number of imidazole rings is 1. The van der Waals surface area contributed by atoms with Gasteiger partial charge in [0.05, 0.1) is 60.7 Å². The Morgan fingerprint density at radius 2 is 1.69 bits per heavy atom. The van der Waals surface area contributed by atoms with Crippen molar-refractivity contribution in [1.82, 2.24) is 24.3 Å². The summed E-state index contributed by atoms with van der Waals surface area (Å²) in [5, 5.41) is 17.3. The minimum absolute atomic E-state index is 0.187. The Morgan fingerprint density at radius 3 is 2.25 bits per heavy atom. The van der Waals surface area contributed by atoms with Crippen molar-refractivity contribution in [3.8, 4) is 46.2 Å². The smallest absolute Gasteiger partial charge is 0.435 e. The molecule has 0 aliphatic rings. The van der Waals surface area contributed by atoms with Gasteiger partial charge in [0.15, 0.2) is 23.9 Å². The van der Waals surface area contributed by atoms with Crippen molar-refractivity contribution >= 4 is 22.6 Å². The summed E-state index contributed by atoms with van der Waals surface area (Å²) in [4.78, 5) is 34.3. The molecular weight excluding hydrogens is 618 g/mol. The molecule has 0 atom stereocenters. The maximum atomic E-state index is 14.2. The normalized spacial score (nSPS) is 11.2. The number of pyridine rings is 1. The Labute approximate surface area is 277 Å². The number of quaternary nitrogens is 1. The molecule has 3 heterocycles. The molecule has 14 nitrogen and oxygen atoms in total. The van der Waals surface area contributed by atoms with E-state index < -0.39 is 4.92 Å². The SMILES string of the molecule is CC#Cc1c(OC)ccc2c(C(=O)c3cc(OC)c(OC)c(OC)c3)nn(C[N+](C)(C)Cc3c(-c4ccccn4)nc([N+](=O)[O-])n3C)c12. The Balaban J connectivity index is 1.66. The van der Waals surface area contributed by atoms with Crippen LogP contribution in [-0.4, -0.2) is 82.0 Å². The number of fused-ring (bicyclic) bond motifs is 1. The molecule has 3 aromatic heterocycles. The molecule has 0 radical (unpaired) electrons. The maximum Gasteiger partial charge on any atom is 0.435 e. The Morgan fingerprint density at radius 1 is 1.00 bits per heavy atom. The number of nitrogens with zero attached hydrogens (tertiary/aromatic N) is 7. The number of rotatable bonds is 12. The minimum atomic E-state index is -0.514. The van der Waals surface area contributed by atoms with E-state index in [2.05, 4.69) is 21.8 Å². The quantitative estimate of drug-likeness (QED) is 0.0615. The first kappa shape index (κ1) is 33.4. The zero-order valence-electron chi connectivity index (χ0n) is 28.0. The Bertz CT molecular complexity index is 2060. The van der Waals surface area contributed by atoms with Gasteiger partial charge in [-0.15, -0.1) is 5.92 Å². The summed E-state index contributed by atoms with van der Waals surface area (Å²) in [5.41, 5.74) is 3.19. The van der Waals surface area contributed by atoms with E-state index in [1.165, 1.54) is 25.9 Å². The molecule has 2 aromatic carbocycles. The highest BCUT2D eigenvalue weighted by molar-refractivity contribution is 6.16. The van der Waals surface area contributed by atoms with E-state index in [0.29, 0.717) is 63.1 Å². The van der Waals surface area contributed by atoms with E-state index in [0.717, 1.165) is 0 Å². The van der Waals surface area contributed by atoms with Gasteiger partial charge < -0.3 is 33.5 Å². The second kappa shape index (κ2) is 13.4. The van der Waals surface area contributed by atoms with Crippen molar-refractivity contribution in [2.45, 2.75) is 20.1 Å². The van der Waals surface area contributed by atoms with E-state index in [1.54, 1.807) is 74.4 Å². The van der Waals surface area contributed by atoms with Crippen LogP contribution in [0.2, 0.25) is 0 Å². The third-order valence-corrected chi connectivity index (χ3v) is 7.84. The molecule has 0 amide bonds. The fourth-order valence-corrected chi connectivity index (χ4v) is 5.68. The summed E-state index contributed by atoms with van der Waals surface area (Å²) in [6.45, 7) is 2.26. The molecule has 0 saturated heterocycles. The summed E-state index contributed by atoms with van der Waals surface area (Å²) in [7, 11) is 11.5. The summed E-state index contributed by atoms with van der Waals surface area (Å²) in [6.07, 6.45) is 1.62. The van der Waals surface area contributed by atoms with E-state index in [-0.39, 0.29) is 34.1 Å². The molecule has 0 fully saturated rings. The maximum absolute atomic E-state index is 14.2. The molecule has 0 aliphatic heterocycles.